The van der Waals surface area contributed by atoms with Crippen LogP contribution in [-0.4, -0.2) is 45.1 Å². The summed E-state index contributed by atoms with van der Waals surface area (Å²) in [6.07, 6.45) is 0.572. The third-order valence-corrected chi connectivity index (χ3v) is 5.26. The smallest absolute Gasteiger partial charge is 0.455 e. The van der Waals surface area contributed by atoms with E-state index in [4.69, 9.17) is 19.0 Å². The van der Waals surface area contributed by atoms with Crippen molar-refractivity contribution in [3.8, 4) is 0 Å². The Kier molecular flexibility index (Phi) is 9.50. The maximum Gasteiger partial charge on any atom is 0.705 e. The number of carbonyl (C=O) groups excluding carboxylic acids is 5. The molecule has 0 aliphatic heterocycles. The van der Waals surface area contributed by atoms with Crippen LogP contribution in [0.15, 0.2) is 0 Å². The number of unbranched alkanes of at least 4 members (excludes halogenated alkanes) is 1. The van der Waals surface area contributed by atoms with Gasteiger partial charge in [-0.2, -0.15) is 0 Å². The summed E-state index contributed by atoms with van der Waals surface area (Å²) < 4.78 is 15.0. The summed E-state index contributed by atoms with van der Waals surface area (Å²) >= 11 is 0. The van der Waals surface area contributed by atoms with Crippen LogP contribution in [0, 0.1) is 0 Å². The number of amides is 2. The average molecular weight is 362 g/mol. The molecule has 0 aromatic heterocycles. The molecule has 2 amide bonds. The number of hydrogen-bond acceptors (Lipinski definition) is 9. The molecule has 0 fully saturated rings. The molecule has 0 atom stereocenters. The van der Waals surface area contributed by atoms with Gasteiger partial charge in [0.05, 0.1) is 12.6 Å². The Balaban J connectivity index is 4.71. The van der Waals surface area contributed by atoms with E-state index in [1.165, 1.54) is 0 Å². The summed E-state index contributed by atoms with van der Waals surface area (Å²) in [4.78, 5) is 56.1. The molecule has 0 heterocycles. The van der Waals surface area contributed by atoms with E-state index in [1.54, 1.807) is 0 Å². The summed E-state index contributed by atoms with van der Waals surface area (Å²) in [6.45, 7) is 3.00. The molecule has 0 radical (unpaired) electrons. The second kappa shape index (κ2) is 10.5. The SMILES string of the molecule is CC(=O)O[Si](CCCCC(=O)NC(=O)CN)(OC(C)=O)OC(C)=O. The van der Waals surface area contributed by atoms with Crippen molar-refractivity contribution in [3.63, 3.8) is 0 Å². The highest BCUT2D eigenvalue weighted by atomic mass is 28.4. The van der Waals surface area contributed by atoms with Crippen LogP contribution in [-0.2, 0) is 37.3 Å². The number of hydrogen-bond donors (Lipinski definition) is 2. The van der Waals surface area contributed by atoms with E-state index < -0.39 is 38.5 Å². The number of nitrogens with one attached hydrogen (secondary N) is 1. The van der Waals surface area contributed by atoms with Gasteiger partial charge in [-0.3, -0.25) is 29.3 Å². The fourth-order valence-electron chi connectivity index (χ4n) is 1.77. The predicted molar refractivity (Wildman–Crippen MR) is 81.9 cm³/mol. The lowest BCUT2D eigenvalue weighted by Crippen LogP contribution is -2.49. The van der Waals surface area contributed by atoms with Crippen molar-refractivity contribution in [3.05, 3.63) is 0 Å². The topological polar surface area (TPSA) is 151 Å². The molecule has 0 spiro atoms. The zero-order chi connectivity index (χ0) is 18.8. The van der Waals surface area contributed by atoms with Gasteiger partial charge in [0.2, 0.25) is 11.8 Å². The molecule has 0 unspecified atom stereocenters. The quantitative estimate of drug-likeness (QED) is 0.404. The van der Waals surface area contributed by atoms with Crippen LogP contribution in [0.2, 0.25) is 6.04 Å². The number of rotatable bonds is 9. The van der Waals surface area contributed by atoms with Gasteiger partial charge < -0.3 is 19.0 Å². The van der Waals surface area contributed by atoms with Crippen molar-refractivity contribution in [2.75, 3.05) is 6.54 Å². The van der Waals surface area contributed by atoms with Crippen LogP contribution < -0.4 is 11.1 Å². The Morgan fingerprint density at radius 2 is 1.29 bits per heavy atom. The number of imide groups is 1. The number of carbonyl (C=O) groups is 5. The summed E-state index contributed by atoms with van der Waals surface area (Å²) in [7, 11) is -3.86. The molecule has 0 saturated heterocycles. The minimum atomic E-state index is -3.86. The molecule has 10 nitrogen and oxygen atoms in total. The van der Waals surface area contributed by atoms with Crippen molar-refractivity contribution in [2.45, 2.75) is 46.1 Å². The molecule has 11 heteroatoms. The Morgan fingerprint density at radius 1 is 0.833 bits per heavy atom. The molecule has 0 aliphatic carbocycles. The molecule has 0 bridgehead atoms. The van der Waals surface area contributed by atoms with E-state index >= 15 is 0 Å². The van der Waals surface area contributed by atoms with Crippen molar-refractivity contribution in [2.24, 2.45) is 5.73 Å². The van der Waals surface area contributed by atoms with Crippen LogP contribution in [0.5, 0.6) is 0 Å². The summed E-state index contributed by atoms with van der Waals surface area (Å²) in [5.41, 5.74) is 5.07. The third kappa shape index (κ3) is 9.68. The minimum absolute atomic E-state index is 0.0104. The first-order valence-electron chi connectivity index (χ1n) is 7.21. The van der Waals surface area contributed by atoms with Gasteiger partial charge in [-0.1, -0.05) is 0 Å². The lowest BCUT2D eigenvalue weighted by molar-refractivity contribution is -0.148. The highest BCUT2D eigenvalue weighted by Gasteiger charge is 2.51. The standard InChI is InChI=1S/C13H22N2O8Si/c1-9(16)21-24(22-10(2)17,23-11(3)18)7-5-4-6-12(19)15-13(20)8-14/h4-8,14H2,1-3H3,(H,15,19,20). The van der Waals surface area contributed by atoms with Crippen LogP contribution in [0.1, 0.15) is 40.0 Å². The van der Waals surface area contributed by atoms with Crippen LogP contribution >= 0.6 is 0 Å². The van der Waals surface area contributed by atoms with Gasteiger partial charge in [0.15, 0.2) is 0 Å². The molecule has 0 aromatic carbocycles. The molecule has 0 aromatic rings. The van der Waals surface area contributed by atoms with Crippen molar-refractivity contribution in [1.29, 1.82) is 0 Å². The molecular weight excluding hydrogens is 340 g/mol. The van der Waals surface area contributed by atoms with Gasteiger partial charge in [0.25, 0.3) is 17.9 Å². The Morgan fingerprint density at radius 3 is 1.67 bits per heavy atom. The first kappa shape index (κ1) is 21.7. The van der Waals surface area contributed by atoms with Crippen molar-refractivity contribution in [1.82, 2.24) is 5.32 Å². The van der Waals surface area contributed by atoms with Gasteiger partial charge in [0, 0.05) is 27.2 Å². The summed E-state index contributed by atoms with van der Waals surface area (Å²) in [5.74, 6) is -3.37. The molecule has 136 valence electrons. The van der Waals surface area contributed by atoms with Crippen molar-refractivity contribution >= 4 is 38.5 Å². The Labute approximate surface area is 140 Å². The fourth-order valence-corrected chi connectivity index (χ4v) is 4.20. The fraction of sp³-hybridized carbons (Fsp3) is 0.615. The second-order valence-electron chi connectivity index (χ2n) is 4.85. The summed E-state index contributed by atoms with van der Waals surface area (Å²) in [5, 5.41) is 2.08. The van der Waals surface area contributed by atoms with Gasteiger partial charge in [-0.05, 0) is 12.8 Å². The molecule has 24 heavy (non-hydrogen) atoms. The molecular formula is C13H22N2O8Si. The average Bonchev–Trinajstić information content (AvgIpc) is 2.41. The molecule has 0 aliphatic rings. The van der Waals surface area contributed by atoms with Gasteiger partial charge in [0.1, 0.15) is 0 Å². The zero-order valence-electron chi connectivity index (χ0n) is 13.9. The molecule has 0 rings (SSSR count). The maximum absolute atomic E-state index is 11.4. The molecule has 0 saturated carbocycles. The van der Waals surface area contributed by atoms with E-state index in [-0.39, 0.29) is 25.4 Å². The van der Waals surface area contributed by atoms with Crippen LogP contribution in [0.4, 0.5) is 0 Å². The van der Waals surface area contributed by atoms with Crippen molar-refractivity contribution < 1.29 is 37.3 Å². The lowest BCUT2D eigenvalue weighted by Gasteiger charge is -2.26. The highest BCUT2D eigenvalue weighted by molar-refractivity contribution is 6.65. The van der Waals surface area contributed by atoms with E-state index in [1.807, 2.05) is 0 Å². The number of nitrogens with two attached hydrogens (primary N) is 1. The van der Waals surface area contributed by atoms with Gasteiger partial charge in [-0.15, -0.1) is 0 Å². The first-order valence-corrected chi connectivity index (χ1v) is 9.15. The van der Waals surface area contributed by atoms with E-state index in [0.717, 1.165) is 20.8 Å². The third-order valence-electron chi connectivity index (χ3n) is 2.50. The normalized spacial score (nSPS) is 10.5. The maximum atomic E-state index is 11.4. The first-order chi connectivity index (χ1) is 11.1. The van der Waals surface area contributed by atoms with Crippen LogP contribution in [0.3, 0.4) is 0 Å². The highest BCUT2D eigenvalue weighted by Crippen LogP contribution is 2.21. The van der Waals surface area contributed by atoms with Gasteiger partial charge in [-0.25, -0.2) is 0 Å². The Hall–Kier alpha value is -2.27. The largest absolute Gasteiger partial charge is 0.705 e. The second-order valence-corrected chi connectivity index (χ2v) is 7.32. The lowest BCUT2D eigenvalue weighted by atomic mass is 10.2. The van der Waals surface area contributed by atoms with E-state index in [0.29, 0.717) is 6.42 Å². The van der Waals surface area contributed by atoms with Crippen LogP contribution in [0.25, 0.3) is 0 Å². The minimum Gasteiger partial charge on any atom is -0.455 e. The monoisotopic (exact) mass is 362 g/mol. The van der Waals surface area contributed by atoms with Gasteiger partial charge >= 0.3 is 8.80 Å². The zero-order valence-corrected chi connectivity index (χ0v) is 14.9. The van der Waals surface area contributed by atoms with E-state index in [9.17, 15) is 24.0 Å². The molecule has 3 N–H and O–H groups in total. The Bertz CT molecular complexity index is 467. The summed E-state index contributed by atoms with van der Waals surface area (Å²) in [6, 6.07) is -0.0240. The van der Waals surface area contributed by atoms with E-state index in [2.05, 4.69) is 5.32 Å². The predicted octanol–water partition coefficient (Wildman–Crippen LogP) is -0.614.